The van der Waals surface area contributed by atoms with Crippen LogP contribution >= 0.6 is 11.3 Å². The third-order valence-corrected chi connectivity index (χ3v) is 7.09. The quantitative estimate of drug-likeness (QED) is 0.249. The molecule has 1 aliphatic rings. The van der Waals surface area contributed by atoms with E-state index in [2.05, 4.69) is 65.1 Å². The molecule has 4 heterocycles. The summed E-state index contributed by atoms with van der Waals surface area (Å²) in [6.45, 7) is 12.8. The van der Waals surface area contributed by atoms with Crippen LogP contribution in [0, 0.1) is 6.92 Å². The number of carbonyl (C=O) groups is 1. The van der Waals surface area contributed by atoms with Gasteiger partial charge in [0.1, 0.15) is 12.1 Å². The number of rotatable bonds is 5. The van der Waals surface area contributed by atoms with Gasteiger partial charge < -0.3 is 9.69 Å². The van der Waals surface area contributed by atoms with E-state index in [9.17, 15) is 8.78 Å². The molecular formula is C30H41F2N5OS. The number of alkyl halides is 2. The van der Waals surface area contributed by atoms with Crippen molar-refractivity contribution in [3.63, 3.8) is 0 Å². The van der Waals surface area contributed by atoms with E-state index in [-0.39, 0.29) is 12.8 Å². The maximum Gasteiger partial charge on any atom is 0.247 e. The molecule has 5 rings (SSSR count). The van der Waals surface area contributed by atoms with E-state index < -0.39 is 5.92 Å². The molecule has 0 spiro atoms. The number of carbonyl (C=O) groups excluding carboxylic acids is 1. The van der Waals surface area contributed by atoms with E-state index in [1.54, 1.807) is 0 Å². The van der Waals surface area contributed by atoms with E-state index in [1.807, 2.05) is 36.0 Å². The number of aromatic nitrogens is 4. The normalized spacial score (nSPS) is 14.5. The summed E-state index contributed by atoms with van der Waals surface area (Å²) in [7, 11) is 0. The van der Waals surface area contributed by atoms with Crippen molar-refractivity contribution in [2.24, 2.45) is 0 Å². The van der Waals surface area contributed by atoms with Crippen LogP contribution in [-0.4, -0.2) is 45.5 Å². The highest BCUT2D eigenvalue weighted by Gasteiger charge is 2.25. The molecule has 0 saturated carbocycles. The monoisotopic (exact) mass is 557 g/mol. The lowest BCUT2D eigenvalue weighted by atomic mass is 10.0. The second-order valence-electron chi connectivity index (χ2n) is 9.32. The second-order valence-corrected chi connectivity index (χ2v) is 10.6. The number of fused-ring (bicyclic) bond motifs is 1. The van der Waals surface area contributed by atoms with E-state index >= 15 is 0 Å². The van der Waals surface area contributed by atoms with Crippen LogP contribution in [0.1, 0.15) is 76.7 Å². The molecule has 1 aliphatic heterocycles. The standard InChI is InChI=1S/C20H19N5S.C5H10F2.C3H8.C2H4O/c1-13-8-14-2-3-15(9-18(14)26-13)20-21-6-4-19(24-20)25-7-5-16(12-25)17-10-22-23-11-17;1-3-5(6,7)4-2;1-3-2;1-2-3/h2-4,6,8-11,16H,5,7,12H2,1H3,(H,22,23);3-4H2,1-2H3;3H2,1-2H3;2H,1H3. The molecule has 4 aromatic rings. The fraction of sp³-hybridized carbons (Fsp3) is 0.467. The minimum Gasteiger partial charge on any atom is -0.356 e. The van der Waals surface area contributed by atoms with Gasteiger partial charge in [-0.15, -0.1) is 11.3 Å². The molecule has 1 aromatic carbocycles. The third-order valence-electron chi connectivity index (χ3n) is 6.08. The third kappa shape index (κ3) is 9.80. The van der Waals surface area contributed by atoms with Gasteiger partial charge in [-0.25, -0.2) is 18.7 Å². The van der Waals surface area contributed by atoms with Gasteiger partial charge in [0, 0.05) is 59.4 Å². The zero-order valence-corrected chi connectivity index (χ0v) is 24.7. The van der Waals surface area contributed by atoms with Crippen LogP contribution in [0.25, 0.3) is 21.5 Å². The fourth-order valence-corrected chi connectivity index (χ4v) is 4.91. The van der Waals surface area contributed by atoms with Crippen molar-refractivity contribution in [3.05, 3.63) is 59.4 Å². The van der Waals surface area contributed by atoms with E-state index in [0.717, 1.165) is 43.0 Å². The predicted octanol–water partition coefficient (Wildman–Crippen LogP) is 8.45. The molecule has 1 N–H and O–H groups in total. The Balaban J connectivity index is 0.000000348. The lowest BCUT2D eigenvalue weighted by molar-refractivity contribution is -0.106. The molecule has 0 aliphatic carbocycles. The summed E-state index contributed by atoms with van der Waals surface area (Å²) in [5.74, 6) is -0.108. The van der Waals surface area contributed by atoms with Gasteiger partial charge >= 0.3 is 0 Å². The van der Waals surface area contributed by atoms with E-state index in [1.165, 1.54) is 47.7 Å². The molecule has 6 nitrogen and oxygen atoms in total. The smallest absolute Gasteiger partial charge is 0.247 e. The number of nitrogens with zero attached hydrogens (tertiary/aromatic N) is 4. The van der Waals surface area contributed by atoms with Crippen LogP contribution in [0.5, 0.6) is 0 Å². The Morgan fingerprint density at radius 3 is 2.44 bits per heavy atom. The van der Waals surface area contributed by atoms with Crippen molar-refractivity contribution in [2.45, 2.75) is 79.1 Å². The van der Waals surface area contributed by atoms with Gasteiger partial charge in [0.2, 0.25) is 5.92 Å². The Kier molecular flexibility index (Phi) is 13.2. The van der Waals surface area contributed by atoms with Gasteiger partial charge in [-0.3, -0.25) is 5.10 Å². The predicted molar refractivity (Wildman–Crippen MR) is 159 cm³/mol. The molecule has 1 atom stereocenters. The average Bonchev–Trinajstić information content (AvgIpc) is 3.70. The van der Waals surface area contributed by atoms with Crippen molar-refractivity contribution in [3.8, 4) is 11.4 Å². The molecule has 0 radical (unpaired) electrons. The number of anilines is 1. The molecule has 3 aromatic heterocycles. The maximum absolute atomic E-state index is 11.9. The summed E-state index contributed by atoms with van der Waals surface area (Å²) in [5.41, 5.74) is 2.35. The number of aryl methyl sites for hydroxylation is 1. The van der Waals surface area contributed by atoms with E-state index in [4.69, 9.17) is 9.78 Å². The van der Waals surface area contributed by atoms with Crippen LogP contribution in [-0.2, 0) is 4.79 Å². The number of hydrogen-bond acceptors (Lipinski definition) is 6. The Labute approximate surface area is 234 Å². The maximum atomic E-state index is 11.9. The second kappa shape index (κ2) is 16.0. The first-order valence-electron chi connectivity index (χ1n) is 13.6. The molecule has 0 amide bonds. The first-order chi connectivity index (χ1) is 18.7. The zero-order chi connectivity index (χ0) is 28.8. The first kappa shape index (κ1) is 32.0. The number of nitrogens with one attached hydrogen (secondary N) is 1. The SMILES string of the molecule is CC=O.CCC.CCC(F)(F)CC.Cc1cc2ccc(-c3nccc(N4CCC(c5cn[nH]c5)C4)n3)cc2s1. The highest BCUT2D eigenvalue weighted by Crippen LogP contribution is 2.32. The average molecular weight is 558 g/mol. The summed E-state index contributed by atoms with van der Waals surface area (Å²) in [6, 6.07) is 10.7. The van der Waals surface area contributed by atoms with E-state index in [0.29, 0.717) is 5.92 Å². The number of benzene rings is 1. The van der Waals surface area contributed by atoms with Crippen LogP contribution in [0.3, 0.4) is 0 Å². The topological polar surface area (TPSA) is 74.8 Å². The van der Waals surface area contributed by atoms with Crippen LogP contribution < -0.4 is 4.90 Å². The van der Waals surface area contributed by atoms with Crippen molar-refractivity contribution < 1.29 is 13.6 Å². The summed E-state index contributed by atoms with van der Waals surface area (Å²) in [6.07, 6.45) is 8.84. The Bertz CT molecular complexity index is 1250. The highest BCUT2D eigenvalue weighted by atomic mass is 32.1. The number of H-pyrrole nitrogens is 1. The molecule has 1 saturated heterocycles. The lowest BCUT2D eigenvalue weighted by Gasteiger charge is -2.17. The first-order valence-corrected chi connectivity index (χ1v) is 14.4. The van der Waals surface area contributed by atoms with Crippen molar-refractivity contribution in [1.82, 2.24) is 20.2 Å². The lowest BCUT2D eigenvalue weighted by Crippen LogP contribution is -2.20. The number of aromatic amines is 1. The molecule has 39 heavy (non-hydrogen) atoms. The largest absolute Gasteiger partial charge is 0.356 e. The van der Waals surface area contributed by atoms with Crippen LogP contribution in [0.2, 0.25) is 0 Å². The summed E-state index contributed by atoms with van der Waals surface area (Å²) < 4.78 is 25.1. The van der Waals surface area contributed by atoms with Crippen LogP contribution in [0.4, 0.5) is 14.6 Å². The minimum atomic E-state index is -2.42. The Hall–Kier alpha value is -3.20. The summed E-state index contributed by atoms with van der Waals surface area (Å²) in [4.78, 5) is 21.8. The van der Waals surface area contributed by atoms with Gasteiger partial charge in [-0.2, -0.15) is 5.10 Å². The van der Waals surface area contributed by atoms with Gasteiger partial charge in [0.25, 0.3) is 0 Å². The molecule has 212 valence electrons. The number of aldehydes is 1. The van der Waals surface area contributed by atoms with Crippen LogP contribution in [0.15, 0.2) is 48.9 Å². The van der Waals surface area contributed by atoms with Gasteiger partial charge in [-0.05, 0) is 49.4 Å². The molecule has 1 unspecified atom stereocenters. The molecule has 9 heteroatoms. The van der Waals surface area contributed by atoms with Crippen molar-refractivity contribution in [1.29, 1.82) is 0 Å². The van der Waals surface area contributed by atoms with Gasteiger partial charge in [-0.1, -0.05) is 46.2 Å². The minimum absolute atomic E-state index is 0.0382. The molecule has 0 bridgehead atoms. The van der Waals surface area contributed by atoms with Gasteiger partial charge in [0.15, 0.2) is 5.82 Å². The Morgan fingerprint density at radius 1 is 1.15 bits per heavy atom. The number of hydrogen-bond donors (Lipinski definition) is 1. The highest BCUT2D eigenvalue weighted by molar-refractivity contribution is 7.19. The van der Waals surface area contributed by atoms with Crippen molar-refractivity contribution >= 4 is 33.5 Å². The zero-order valence-electron chi connectivity index (χ0n) is 23.9. The molecule has 1 fully saturated rings. The fourth-order valence-electron chi connectivity index (χ4n) is 3.94. The van der Waals surface area contributed by atoms with Crippen molar-refractivity contribution in [2.75, 3.05) is 18.0 Å². The summed E-state index contributed by atoms with van der Waals surface area (Å²) >= 11 is 1.81. The molecular weight excluding hydrogens is 516 g/mol. The summed E-state index contributed by atoms with van der Waals surface area (Å²) in [5, 5.41) is 8.28. The Morgan fingerprint density at radius 2 is 1.85 bits per heavy atom. The number of thiophene rings is 1. The van der Waals surface area contributed by atoms with Gasteiger partial charge in [0.05, 0.1) is 6.20 Å². The number of halogens is 2.